The van der Waals surface area contributed by atoms with Crippen molar-refractivity contribution >= 4 is 97.2 Å². The molecule has 1 atom stereocenters. The average Bonchev–Trinajstić information content (AvgIpc) is 1.55. The summed E-state index contributed by atoms with van der Waals surface area (Å²) in [4.78, 5) is 0. The molecule has 4 saturated heterocycles. The van der Waals surface area contributed by atoms with Gasteiger partial charge in [0.05, 0.1) is 46.5 Å². The van der Waals surface area contributed by atoms with Gasteiger partial charge in [-0.2, -0.15) is 9.13 Å². The lowest BCUT2D eigenvalue weighted by atomic mass is 9.89. The van der Waals surface area contributed by atoms with Crippen LogP contribution < -0.4 is 18.3 Å². The predicted molar refractivity (Wildman–Crippen MR) is 539 cm³/mol. The van der Waals surface area contributed by atoms with E-state index < -0.39 is 45.0 Å². The minimum absolute atomic E-state index is 0.395. The summed E-state index contributed by atoms with van der Waals surface area (Å²) >= 11 is 0. The Morgan fingerprint density at radius 2 is 0.762 bits per heavy atom. The molecule has 0 radical (unpaired) electrons. The fourth-order valence-electron chi connectivity index (χ4n) is 21.4. The lowest BCUT2D eigenvalue weighted by Crippen LogP contribution is -2.35. The Morgan fingerprint density at radius 1 is 0.361 bits per heavy atom. The van der Waals surface area contributed by atoms with Crippen molar-refractivity contribution in [2.45, 2.75) is 278 Å². The minimum atomic E-state index is -2.44. The number of aryl methyl sites for hydroxylation is 6. The molecule has 634 valence electrons. The van der Waals surface area contributed by atoms with Crippen LogP contribution in [-0.2, 0) is 28.2 Å². The van der Waals surface area contributed by atoms with Crippen LogP contribution in [0.15, 0.2) is 194 Å². The van der Waals surface area contributed by atoms with E-state index in [1.165, 1.54) is 234 Å². The van der Waals surface area contributed by atoms with Gasteiger partial charge < -0.3 is 4.57 Å². The number of fused-ring (bicyclic) bond motifs is 7. The minimum Gasteiger partial charge on any atom is -0.338 e. The third-order valence-electron chi connectivity index (χ3n) is 30.0. The molecule has 0 amide bonds. The Bertz CT molecular complexity index is 6550. The van der Waals surface area contributed by atoms with E-state index in [0.29, 0.717) is 53.8 Å². The number of pyridine rings is 4. The average molecular weight is 1690 g/mol. The number of nitrogens with zero attached hydrogens (tertiary/aromatic N) is 5. The highest BCUT2D eigenvalue weighted by Crippen LogP contribution is 2.47. The first-order valence-corrected chi connectivity index (χ1v) is 59.8. The van der Waals surface area contributed by atoms with Crippen LogP contribution in [0.1, 0.15) is 204 Å². The molecule has 18 rings (SSSR count). The van der Waals surface area contributed by atoms with Crippen molar-refractivity contribution in [3.8, 4) is 45.0 Å². The van der Waals surface area contributed by atoms with Crippen molar-refractivity contribution < 1.29 is 29.2 Å². The van der Waals surface area contributed by atoms with Crippen LogP contribution in [0, 0.1) is 62.3 Å². The quantitative estimate of drug-likeness (QED) is 0.0961. The molecule has 14 aromatic rings. The van der Waals surface area contributed by atoms with Gasteiger partial charge in [0.25, 0.3) is 0 Å². The zero-order valence-corrected chi connectivity index (χ0v) is 82.6. The van der Waals surface area contributed by atoms with E-state index >= 15 is 0 Å². The largest absolute Gasteiger partial charge is 0.338 e. The summed E-state index contributed by atoms with van der Waals surface area (Å²) in [6.07, 6.45) is 11.6. The topological polar surface area (TPSA) is 20.4 Å². The first-order chi connectivity index (χ1) is 61.1. The molecule has 1 unspecified atom stereocenters. The fraction of sp³-hybridized carbons (Fsp3) is 0.416. The number of para-hydroxylation sites is 1. The van der Waals surface area contributed by atoms with Gasteiger partial charge in [-0.15, -0.1) is 0 Å². The van der Waals surface area contributed by atoms with E-state index in [1.807, 2.05) is 74.3 Å². The Morgan fingerprint density at radius 3 is 1.20 bits per heavy atom. The molecule has 9 heteroatoms. The first-order valence-electron chi connectivity index (χ1n) is 50.1. The smallest absolute Gasteiger partial charge is 0.220 e. The molecule has 4 aliphatic rings. The molecule has 4 fully saturated rings. The molecular weight excluding hydrogens is 1540 g/mol. The molecule has 4 aliphatic heterocycles. The summed E-state index contributed by atoms with van der Waals surface area (Å²) < 4.78 is 77.2. The van der Waals surface area contributed by atoms with Crippen LogP contribution >= 0.6 is 0 Å². The van der Waals surface area contributed by atoms with E-state index in [-0.39, 0.29) is 0 Å². The maximum absolute atomic E-state index is 8.70. The maximum atomic E-state index is 8.70. The molecule has 9 heterocycles. The number of benzene rings is 9. The van der Waals surface area contributed by atoms with Gasteiger partial charge in [-0.3, -0.25) is 0 Å². The number of hydrogen-bond acceptors (Lipinski definition) is 0. The molecule has 122 heavy (non-hydrogen) atoms. The molecule has 0 saturated carbocycles. The van der Waals surface area contributed by atoms with E-state index in [2.05, 4.69) is 269 Å². The first kappa shape index (κ1) is 78.0. The molecule has 5 nitrogen and oxygen atoms in total. The number of aromatic nitrogens is 5. The summed E-state index contributed by atoms with van der Waals surface area (Å²) in [7, 11) is 4.38. The Hall–Kier alpha value is -8.71. The zero-order chi connectivity index (χ0) is 93.8. The molecule has 9 aromatic carbocycles. The van der Waals surface area contributed by atoms with Gasteiger partial charge in [-0.1, -0.05) is 217 Å². The van der Waals surface area contributed by atoms with Crippen molar-refractivity contribution in [2.24, 2.45) is 28.2 Å². The monoisotopic (exact) mass is 1690 g/mol. The van der Waals surface area contributed by atoms with Crippen molar-refractivity contribution in [1.29, 1.82) is 0 Å². The molecule has 5 aromatic heterocycles. The second-order valence-electron chi connectivity index (χ2n) is 41.5. The van der Waals surface area contributed by atoms with Gasteiger partial charge in [-0.25, -0.2) is 9.13 Å². The molecule has 0 spiro atoms. The summed E-state index contributed by atoms with van der Waals surface area (Å²) in [5.41, 5.74) is 28.7. The van der Waals surface area contributed by atoms with Gasteiger partial charge in [0.2, 0.25) is 22.8 Å². The van der Waals surface area contributed by atoms with Crippen molar-refractivity contribution in [3.63, 3.8) is 0 Å². The van der Waals surface area contributed by atoms with Crippen LogP contribution in [0.25, 0.3) is 110 Å². The predicted octanol–water partition coefficient (Wildman–Crippen LogP) is 30.3. The second-order valence-corrected chi connectivity index (χ2v) is 62.9. The highest BCUT2D eigenvalue weighted by Gasteiger charge is 2.36. The number of rotatable bonds is 10. The lowest BCUT2D eigenvalue weighted by molar-refractivity contribution is -0.665. The van der Waals surface area contributed by atoms with Crippen molar-refractivity contribution in [1.82, 2.24) is 4.57 Å². The van der Waals surface area contributed by atoms with Crippen LogP contribution in [0.2, 0.25) is 101 Å². The van der Waals surface area contributed by atoms with E-state index in [9.17, 15) is 0 Å². The van der Waals surface area contributed by atoms with Gasteiger partial charge in [0.15, 0.2) is 23.7 Å². The van der Waals surface area contributed by atoms with Gasteiger partial charge in [0.1, 0.15) is 30.9 Å². The van der Waals surface area contributed by atoms with Gasteiger partial charge in [-0.05, 0) is 287 Å². The molecule has 0 aliphatic carbocycles. The van der Waals surface area contributed by atoms with Crippen LogP contribution in [0.3, 0.4) is 0 Å². The molecule has 0 bridgehead atoms. The van der Waals surface area contributed by atoms with E-state index in [4.69, 9.17) is 11.0 Å². The highest BCUT2D eigenvalue weighted by atomic mass is 28.3. The summed E-state index contributed by atoms with van der Waals surface area (Å²) in [6.45, 7) is 43.1. The third kappa shape index (κ3) is 18.4. The van der Waals surface area contributed by atoms with Crippen LogP contribution in [0.4, 0.5) is 0 Å². The van der Waals surface area contributed by atoms with E-state index in [1.54, 1.807) is 11.6 Å². The summed E-state index contributed by atoms with van der Waals surface area (Å²) in [5.74, 6) is 0.966. The fourth-order valence-corrected chi connectivity index (χ4v) is 31.4. The van der Waals surface area contributed by atoms with Crippen molar-refractivity contribution in [2.75, 3.05) is 0 Å². The van der Waals surface area contributed by atoms with E-state index in [0.717, 1.165) is 55.9 Å². The van der Waals surface area contributed by atoms with Gasteiger partial charge >= 0.3 is 0 Å². The zero-order valence-electron chi connectivity index (χ0n) is 86.6. The Labute approximate surface area is 749 Å². The normalized spacial score (nSPS) is 18.5. The summed E-state index contributed by atoms with van der Waals surface area (Å²) in [5, 5.41) is 12.5. The Kier molecular flexibility index (Phi) is 22.6. The maximum Gasteiger partial charge on any atom is 0.220 e. The van der Waals surface area contributed by atoms with Crippen LogP contribution in [0.5, 0.6) is 0 Å². The lowest BCUT2D eigenvalue weighted by Gasteiger charge is -2.33. The Balaban J connectivity index is 0.000000134. The van der Waals surface area contributed by atoms with Crippen LogP contribution in [-0.4, -0.2) is 36.9 Å². The SMILES string of the molecule is Cc1cc2c3ccccc3n(C(C)C)c2cc1-c1c2ccc(C3CC[Si](C)(C)CC3)cc2cc(C)[n+]1C.[2H]c1cc([2H])c(C)c(-c2c3ccc(C4CC[Si](C)(C)CC4)cc3cc(C)[n+]2C)c1.[2H]c1cc2cc(C3CC[Si](C)(C)CC3)ccc2c(-c2cc(C([2H])(C)C([2H])([2H])[2H])cc(C)c2C)[n+]1C.[2H]c1cc2cc(C3CC[Si](C)(C)CC3)ccc2c(-c2cc(C)cc(C)c2C)[n+]1C. The molecule has 0 N–H and O–H groups in total. The third-order valence-corrected chi connectivity index (χ3v) is 43.2. The molecular formula is C113H145N5Si4+4. The van der Waals surface area contributed by atoms with Gasteiger partial charge in [0, 0.05) is 104 Å². The second kappa shape index (κ2) is 35.4. The standard InChI is InChI=1S/C34H41N2Si.C28H38NSi.C26H34NSi.C25H32NSi/c1-22(2)36-32-11-9-8-10-29(32)31-18-23(3)30(21-33(31)36)34-28-13-12-26(20-27(28)19-24(4)35(34)5)25-14-16-37(6,7)17-15-25;1-19(2)25-16-20(3)21(4)27(18-25)28-26-9-8-23(17-24(26)10-13-29(28)5)22-11-14-30(6,7)15-12-22;1-18-15-19(2)20(3)25(16-18)26-24-8-7-22(17-23(24)9-12-27(26)4)21-10-13-28(5,6)14-11-21;1-18-8-6-7-9-23(18)25-24-11-10-21(17-22(24)16-19(2)26(25)3)20-12-14-27(4,5)15-13-20/h8-13,18-22,25H,14-17H2,1-7H3;8-10,13,16-19,22H,11-12,14-15H2,1-7H3;7-9,12,15-17,21H,10-11,13-14H2,1-6H3;6-11,16-17,20H,12-15H2,1-5H3/q4*+1/i;1D3,13D,19D;12D;7D,8D. The number of hydrogen-bond donors (Lipinski definition) is 0. The summed E-state index contributed by atoms with van der Waals surface area (Å²) in [6, 6.07) is 74.9. The highest BCUT2D eigenvalue weighted by molar-refractivity contribution is 6.78. The van der Waals surface area contributed by atoms with Crippen molar-refractivity contribution in [3.05, 3.63) is 272 Å².